The number of halogens is 1. The molecule has 0 fully saturated rings. The second kappa shape index (κ2) is 8.84. The van der Waals surface area contributed by atoms with E-state index < -0.39 is 16.1 Å². The summed E-state index contributed by atoms with van der Waals surface area (Å²) in [7, 11) is -3.51. The number of hydrogen-bond acceptors (Lipinski definition) is 4. The quantitative estimate of drug-likeness (QED) is 0.696. The number of carbonyl (C=O) groups excluding carboxylic acids is 1. The summed E-state index contributed by atoms with van der Waals surface area (Å²) in [4.78, 5) is 12.6. The third-order valence-electron chi connectivity index (χ3n) is 4.61. The van der Waals surface area contributed by atoms with E-state index in [4.69, 9.17) is 16.3 Å². The minimum absolute atomic E-state index is 0.0382. The molecule has 0 aliphatic carbocycles. The van der Waals surface area contributed by atoms with E-state index in [0.717, 1.165) is 18.4 Å². The summed E-state index contributed by atoms with van der Waals surface area (Å²) in [5.41, 5.74) is 1.49. The minimum atomic E-state index is -3.51. The number of rotatable bonds is 7. The molecule has 1 atom stereocenters. The van der Waals surface area contributed by atoms with Crippen molar-refractivity contribution in [3.05, 3.63) is 59.1 Å². The predicted molar refractivity (Wildman–Crippen MR) is 110 cm³/mol. The molecule has 2 aromatic rings. The molecule has 1 amide bonds. The van der Waals surface area contributed by atoms with Gasteiger partial charge in [0.05, 0.1) is 18.0 Å². The molecule has 0 bridgehead atoms. The fraction of sp³-hybridized carbons (Fsp3) is 0.350. The van der Waals surface area contributed by atoms with Crippen LogP contribution in [0.4, 0.5) is 5.69 Å². The summed E-state index contributed by atoms with van der Waals surface area (Å²) >= 11 is 6.14. The van der Waals surface area contributed by atoms with Gasteiger partial charge in [-0.1, -0.05) is 41.9 Å². The number of sulfonamides is 1. The molecule has 0 spiro atoms. The van der Waals surface area contributed by atoms with Crippen LogP contribution in [0.1, 0.15) is 18.9 Å². The number of nitrogens with zero attached hydrogens (tertiary/aromatic N) is 1. The van der Waals surface area contributed by atoms with Crippen molar-refractivity contribution in [1.82, 2.24) is 5.32 Å². The van der Waals surface area contributed by atoms with E-state index in [9.17, 15) is 13.2 Å². The van der Waals surface area contributed by atoms with E-state index in [0.29, 0.717) is 23.0 Å². The first-order chi connectivity index (χ1) is 13.4. The molecule has 1 aliphatic rings. The largest absolute Gasteiger partial charge is 0.476 e. The van der Waals surface area contributed by atoms with Crippen LogP contribution in [0, 0.1) is 0 Å². The Morgan fingerprint density at radius 2 is 1.93 bits per heavy atom. The Kier molecular flexibility index (Phi) is 6.46. The lowest BCUT2D eigenvalue weighted by atomic mass is 10.1. The molecule has 2 aromatic carbocycles. The van der Waals surface area contributed by atoms with Gasteiger partial charge in [-0.3, -0.25) is 9.10 Å². The van der Waals surface area contributed by atoms with Crippen LogP contribution >= 0.6 is 11.6 Å². The Morgan fingerprint density at radius 1 is 1.21 bits per heavy atom. The van der Waals surface area contributed by atoms with E-state index in [2.05, 4.69) is 5.32 Å². The SMILES string of the molecule is CCS(=O)(=O)N1C[C@H](C(=O)NCCCc2ccccc2Cl)Oc2ccccc21. The van der Waals surface area contributed by atoms with Crippen LogP contribution < -0.4 is 14.4 Å². The summed E-state index contributed by atoms with van der Waals surface area (Å²) in [6.07, 6.45) is 0.567. The molecule has 0 saturated carbocycles. The molecule has 0 saturated heterocycles. The standard InChI is InChI=1S/C20H23ClN2O4S/c1-2-28(25,26)23-14-19(27-18-12-6-5-11-17(18)23)20(24)22-13-7-9-15-8-3-4-10-16(15)21/h3-6,8,10-12,19H,2,7,9,13-14H2,1H3,(H,22,24)/t19-/m1/s1. The lowest BCUT2D eigenvalue weighted by Crippen LogP contribution is -2.51. The van der Waals surface area contributed by atoms with Crippen LogP contribution in [-0.4, -0.2) is 39.3 Å². The average Bonchev–Trinajstić information content (AvgIpc) is 2.71. The minimum Gasteiger partial charge on any atom is -0.476 e. The van der Waals surface area contributed by atoms with Crippen molar-refractivity contribution in [3.63, 3.8) is 0 Å². The zero-order valence-corrected chi connectivity index (χ0v) is 17.2. The summed E-state index contributed by atoms with van der Waals surface area (Å²) in [6.45, 7) is 1.99. The number of para-hydroxylation sites is 2. The lowest BCUT2D eigenvalue weighted by molar-refractivity contribution is -0.127. The van der Waals surface area contributed by atoms with Gasteiger partial charge in [-0.2, -0.15) is 0 Å². The second-order valence-corrected chi connectivity index (χ2v) is 9.08. The maximum atomic E-state index is 12.6. The van der Waals surface area contributed by atoms with Crippen LogP contribution in [0.3, 0.4) is 0 Å². The molecular formula is C20H23ClN2O4S. The molecule has 0 unspecified atom stereocenters. The van der Waals surface area contributed by atoms with Crippen LogP contribution in [0.25, 0.3) is 0 Å². The van der Waals surface area contributed by atoms with E-state index in [1.54, 1.807) is 31.2 Å². The molecule has 0 aromatic heterocycles. The van der Waals surface area contributed by atoms with Gasteiger partial charge in [0.2, 0.25) is 10.0 Å². The highest BCUT2D eigenvalue weighted by molar-refractivity contribution is 7.92. The Balaban J connectivity index is 1.62. The molecule has 6 nitrogen and oxygen atoms in total. The van der Waals surface area contributed by atoms with Crippen molar-refractivity contribution < 1.29 is 17.9 Å². The number of hydrogen-bond donors (Lipinski definition) is 1. The number of anilines is 1. The van der Waals surface area contributed by atoms with Gasteiger partial charge < -0.3 is 10.1 Å². The molecule has 8 heteroatoms. The van der Waals surface area contributed by atoms with E-state index >= 15 is 0 Å². The normalized spacial score (nSPS) is 16.2. The smallest absolute Gasteiger partial charge is 0.263 e. The fourth-order valence-corrected chi connectivity index (χ4v) is 4.42. The number of carbonyl (C=O) groups is 1. The number of benzene rings is 2. The van der Waals surface area contributed by atoms with Gasteiger partial charge in [-0.25, -0.2) is 8.42 Å². The Hall–Kier alpha value is -2.25. The van der Waals surface area contributed by atoms with Crippen LogP contribution in [0.2, 0.25) is 5.02 Å². The van der Waals surface area contributed by atoms with Gasteiger partial charge in [0.15, 0.2) is 6.10 Å². The first kappa shape index (κ1) is 20.5. The molecule has 1 N–H and O–H groups in total. The van der Waals surface area contributed by atoms with Gasteiger partial charge in [-0.15, -0.1) is 0 Å². The third-order valence-corrected chi connectivity index (χ3v) is 6.72. The Morgan fingerprint density at radius 3 is 2.68 bits per heavy atom. The zero-order valence-electron chi connectivity index (χ0n) is 15.6. The Labute approximate surface area is 170 Å². The molecular weight excluding hydrogens is 400 g/mol. The van der Waals surface area contributed by atoms with E-state index in [1.807, 2.05) is 24.3 Å². The second-order valence-electron chi connectivity index (χ2n) is 6.49. The molecule has 1 heterocycles. The molecule has 28 heavy (non-hydrogen) atoms. The number of ether oxygens (including phenoxy) is 1. The zero-order chi connectivity index (χ0) is 20.1. The lowest BCUT2D eigenvalue weighted by Gasteiger charge is -2.34. The maximum Gasteiger partial charge on any atom is 0.263 e. The summed E-state index contributed by atoms with van der Waals surface area (Å²) in [5, 5.41) is 3.54. The topological polar surface area (TPSA) is 75.7 Å². The fourth-order valence-electron chi connectivity index (χ4n) is 3.06. The Bertz CT molecular complexity index is 949. The summed E-state index contributed by atoms with van der Waals surface area (Å²) < 4.78 is 31.9. The van der Waals surface area contributed by atoms with Gasteiger partial charge >= 0.3 is 0 Å². The van der Waals surface area contributed by atoms with E-state index in [1.165, 1.54) is 4.31 Å². The van der Waals surface area contributed by atoms with Gasteiger partial charge in [0.1, 0.15) is 5.75 Å². The van der Waals surface area contributed by atoms with Gasteiger partial charge in [0.25, 0.3) is 5.91 Å². The highest BCUT2D eigenvalue weighted by Gasteiger charge is 2.35. The van der Waals surface area contributed by atoms with Crippen LogP contribution in [0.15, 0.2) is 48.5 Å². The number of amides is 1. The predicted octanol–water partition coefficient (Wildman–Crippen LogP) is 3.01. The summed E-state index contributed by atoms with van der Waals surface area (Å²) in [5.74, 6) is 0.0139. The monoisotopic (exact) mass is 422 g/mol. The van der Waals surface area contributed by atoms with Crippen molar-refractivity contribution in [3.8, 4) is 5.75 Å². The molecule has 150 valence electrons. The highest BCUT2D eigenvalue weighted by atomic mass is 35.5. The number of aryl methyl sites for hydroxylation is 1. The average molecular weight is 423 g/mol. The molecule has 3 rings (SSSR count). The van der Waals surface area contributed by atoms with E-state index in [-0.39, 0.29) is 18.2 Å². The van der Waals surface area contributed by atoms with Crippen molar-refractivity contribution in [2.24, 2.45) is 0 Å². The maximum absolute atomic E-state index is 12.6. The highest BCUT2D eigenvalue weighted by Crippen LogP contribution is 2.35. The van der Waals surface area contributed by atoms with Crippen molar-refractivity contribution >= 4 is 33.2 Å². The van der Waals surface area contributed by atoms with Crippen molar-refractivity contribution in [1.29, 1.82) is 0 Å². The molecule has 1 aliphatic heterocycles. The summed E-state index contributed by atoms with van der Waals surface area (Å²) in [6, 6.07) is 14.4. The van der Waals surface area contributed by atoms with Crippen LogP contribution in [0.5, 0.6) is 5.75 Å². The first-order valence-corrected chi connectivity index (χ1v) is 11.2. The molecule has 0 radical (unpaired) electrons. The van der Waals surface area contributed by atoms with Crippen LogP contribution in [-0.2, 0) is 21.2 Å². The number of fused-ring (bicyclic) bond motifs is 1. The third kappa shape index (κ3) is 4.59. The van der Waals surface area contributed by atoms with Crippen molar-refractivity contribution in [2.45, 2.75) is 25.9 Å². The number of nitrogens with one attached hydrogen (secondary N) is 1. The van der Waals surface area contributed by atoms with Gasteiger partial charge in [-0.05, 0) is 43.5 Å². The first-order valence-electron chi connectivity index (χ1n) is 9.19. The van der Waals surface area contributed by atoms with Gasteiger partial charge in [0, 0.05) is 11.6 Å². The van der Waals surface area contributed by atoms with Crippen molar-refractivity contribution in [2.75, 3.05) is 23.1 Å².